The fraction of sp³-hybridized carbons (Fsp3) is 0.588. The summed E-state index contributed by atoms with van der Waals surface area (Å²) < 4.78 is 19.3. The number of rotatable bonds is 3. The number of carbonyl (C=O) groups excluding carboxylic acids is 1. The van der Waals surface area contributed by atoms with Gasteiger partial charge in [0.25, 0.3) is 0 Å². The molecule has 0 aliphatic carbocycles. The molecule has 0 spiro atoms. The van der Waals surface area contributed by atoms with Crippen molar-refractivity contribution in [1.82, 2.24) is 9.80 Å². The number of ether oxygens (including phenoxy) is 1. The molecular formula is C17H22BrFN2O2. The lowest BCUT2D eigenvalue weighted by Crippen LogP contribution is -2.46. The Kier molecular flexibility index (Phi) is 5.67. The first-order valence-electron chi connectivity index (χ1n) is 8.16. The number of likely N-dealkylation sites (tertiary alicyclic amines) is 1. The van der Waals surface area contributed by atoms with Crippen LogP contribution in [0.2, 0.25) is 0 Å². The van der Waals surface area contributed by atoms with Crippen molar-refractivity contribution >= 4 is 21.8 Å². The van der Waals surface area contributed by atoms with Gasteiger partial charge in [0.05, 0.1) is 13.2 Å². The van der Waals surface area contributed by atoms with E-state index < -0.39 is 0 Å². The number of carbonyl (C=O) groups is 1. The summed E-state index contributed by atoms with van der Waals surface area (Å²) in [6.45, 7) is 5.37. The van der Waals surface area contributed by atoms with Crippen molar-refractivity contribution in [2.75, 3.05) is 39.4 Å². The van der Waals surface area contributed by atoms with Crippen LogP contribution in [0.15, 0.2) is 22.7 Å². The van der Waals surface area contributed by atoms with Gasteiger partial charge in [-0.2, -0.15) is 0 Å². The summed E-state index contributed by atoms with van der Waals surface area (Å²) in [7, 11) is 0. The Morgan fingerprint density at radius 3 is 2.57 bits per heavy atom. The van der Waals surface area contributed by atoms with E-state index in [0.717, 1.165) is 55.6 Å². The molecule has 1 amide bonds. The highest BCUT2D eigenvalue weighted by molar-refractivity contribution is 9.10. The number of amides is 1. The Morgan fingerprint density at radius 2 is 1.91 bits per heavy atom. The van der Waals surface area contributed by atoms with Gasteiger partial charge in [-0.1, -0.05) is 22.0 Å². The zero-order valence-corrected chi connectivity index (χ0v) is 14.7. The van der Waals surface area contributed by atoms with Crippen LogP contribution >= 0.6 is 15.9 Å². The zero-order valence-electron chi connectivity index (χ0n) is 13.1. The van der Waals surface area contributed by atoms with Crippen molar-refractivity contribution in [1.29, 1.82) is 0 Å². The van der Waals surface area contributed by atoms with Gasteiger partial charge in [-0.3, -0.25) is 9.69 Å². The summed E-state index contributed by atoms with van der Waals surface area (Å²) in [6.07, 6.45) is 1.80. The first kappa shape index (κ1) is 16.9. The van der Waals surface area contributed by atoms with Gasteiger partial charge in [-0.05, 0) is 43.6 Å². The van der Waals surface area contributed by atoms with E-state index in [1.165, 1.54) is 12.1 Å². The van der Waals surface area contributed by atoms with Crippen molar-refractivity contribution in [3.63, 3.8) is 0 Å². The van der Waals surface area contributed by atoms with Crippen LogP contribution in [-0.4, -0.2) is 55.1 Å². The number of hydrogen-bond donors (Lipinski definition) is 0. The molecule has 2 heterocycles. The molecule has 23 heavy (non-hydrogen) atoms. The highest BCUT2D eigenvalue weighted by Crippen LogP contribution is 2.24. The van der Waals surface area contributed by atoms with E-state index in [-0.39, 0.29) is 17.6 Å². The molecule has 6 heteroatoms. The lowest BCUT2D eigenvalue weighted by atomic mass is 9.94. The summed E-state index contributed by atoms with van der Waals surface area (Å²) in [5.74, 6) is 0.201. The van der Waals surface area contributed by atoms with Gasteiger partial charge < -0.3 is 9.64 Å². The molecule has 126 valence electrons. The quantitative estimate of drug-likeness (QED) is 0.802. The monoisotopic (exact) mass is 384 g/mol. The van der Waals surface area contributed by atoms with Crippen molar-refractivity contribution in [2.45, 2.75) is 19.4 Å². The van der Waals surface area contributed by atoms with Gasteiger partial charge in [0.1, 0.15) is 5.82 Å². The molecule has 2 fully saturated rings. The predicted octanol–water partition coefficient (Wildman–Crippen LogP) is 2.66. The smallest absolute Gasteiger partial charge is 0.225 e. The average Bonchev–Trinajstić information content (AvgIpc) is 2.58. The highest BCUT2D eigenvalue weighted by Gasteiger charge is 2.29. The Morgan fingerprint density at radius 1 is 1.22 bits per heavy atom. The number of halogens is 2. The maximum atomic E-state index is 13.1. The van der Waals surface area contributed by atoms with Crippen LogP contribution in [0.4, 0.5) is 4.39 Å². The molecule has 2 aliphatic rings. The Hall–Kier alpha value is -0.980. The molecule has 0 unspecified atom stereocenters. The molecule has 1 aromatic carbocycles. The SMILES string of the molecule is O=C(C1CCN(Cc2ccc(F)cc2Br)CC1)N1CCOCC1. The highest BCUT2D eigenvalue weighted by atomic mass is 79.9. The Labute approximate surface area is 144 Å². The maximum absolute atomic E-state index is 13.1. The summed E-state index contributed by atoms with van der Waals surface area (Å²) in [6, 6.07) is 4.82. The van der Waals surface area contributed by atoms with E-state index in [1.807, 2.05) is 11.0 Å². The normalized spacial score (nSPS) is 20.7. The van der Waals surface area contributed by atoms with Crippen molar-refractivity contribution in [2.24, 2.45) is 5.92 Å². The molecule has 0 bridgehead atoms. The van der Waals surface area contributed by atoms with E-state index in [9.17, 15) is 9.18 Å². The van der Waals surface area contributed by atoms with Gasteiger partial charge in [0, 0.05) is 30.0 Å². The van der Waals surface area contributed by atoms with E-state index in [4.69, 9.17) is 4.74 Å². The van der Waals surface area contributed by atoms with Crippen LogP contribution in [0.25, 0.3) is 0 Å². The van der Waals surface area contributed by atoms with Crippen LogP contribution < -0.4 is 0 Å². The minimum absolute atomic E-state index is 0.140. The second-order valence-electron chi connectivity index (χ2n) is 6.22. The van der Waals surface area contributed by atoms with E-state index in [1.54, 1.807) is 0 Å². The number of nitrogens with zero attached hydrogens (tertiary/aromatic N) is 2. The standard InChI is InChI=1S/C17H22BrFN2O2/c18-16-11-15(19)2-1-14(16)12-20-5-3-13(4-6-20)17(22)21-7-9-23-10-8-21/h1-2,11,13H,3-10,12H2. The zero-order chi connectivity index (χ0) is 16.2. The molecule has 4 nitrogen and oxygen atoms in total. The lowest BCUT2D eigenvalue weighted by molar-refractivity contribution is -0.141. The number of piperidine rings is 1. The minimum Gasteiger partial charge on any atom is -0.378 e. The van der Waals surface area contributed by atoms with Crippen LogP contribution in [-0.2, 0) is 16.1 Å². The molecule has 1 aromatic rings. The molecule has 0 atom stereocenters. The van der Waals surface area contributed by atoms with E-state index in [0.29, 0.717) is 13.2 Å². The van der Waals surface area contributed by atoms with Crippen LogP contribution in [0.1, 0.15) is 18.4 Å². The van der Waals surface area contributed by atoms with Gasteiger partial charge in [0.2, 0.25) is 5.91 Å². The molecule has 2 saturated heterocycles. The maximum Gasteiger partial charge on any atom is 0.225 e. The van der Waals surface area contributed by atoms with E-state index >= 15 is 0 Å². The van der Waals surface area contributed by atoms with Gasteiger partial charge in [-0.25, -0.2) is 4.39 Å². The lowest BCUT2D eigenvalue weighted by Gasteiger charge is -2.35. The van der Waals surface area contributed by atoms with Crippen molar-refractivity contribution < 1.29 is 13.9 Å². The first-order chi connectivity index (χ1) is 11.1. The average molecular weight is 385 g/mol. The number of morpholine rings is 1. The topological polar surface area (TPSA) is 32.8 Å². The summed E-state index contributed by atoms with van der Waals surface area (Å²) in [5, 5.41) is 0. The van der Waals surface area contributed by atoms with Gasteiger partial charge in [-0.15, -0.1) is 0 Å². The molecule has 2 aliphatic heterocycles. The summed E-state index contributed by atoms with van der Waals surface area (Å²) >= 11 is 3.42. The molecule has 0 radical (unpaired) electrons. The molecule has 0 aromatic heterocycles. The third-order valence-electron chi connectivity index (χ3n) is 4.67. The summed E-state index contributed by atoms with van der Waals surface area (Å²) in [5.41, 5.74) is 1.09. The fourth-order valence-electron chi connectivity index (χ4n) is 3.27. The summed E-state index contributed by atoms with van der Waals surface area (Å²) in [4.78, 5) is 16.8. The number of hydrogen-bond acceptors (Lipinski definition) is 3. The predicted molar refractivity (Wildman–Crippen MR) is 89.5 cm³/mol. The van der Waals surface area contributed by atoms with Crippen LogP contribution in [0.3, 0.4) is 0 Å². The second-order valence-corrected chi connectivity index (χ2v) is 7.08. The fourth-order valence-corrected chi connectivity index (χ4v) is 3.75. The Balaban J connectivity index is 1.51. The second kappa shape index (κ2) is 7.73. The van der Waals surface area contributed by atoms with Gasteiger partial charge >= 0.3 is 0 Å². The number of benzene rings is 1. The largest absolute Gasteiger partial charge is 0.378 e. The molecule has 0 saturated carbocycles. The minimum atomic E-state index is -0.226. The molecule has 3 rings (SSSR count). The first-order valence-corrected chi connectivity index (χ1v) is 8.95. The Bertz CT molecular complexity index is 556. The molecule has 0 N–H and O–H groups in total. The van der Waals surface area contributed by atoms with Crippen molar-refractivity contribution in [3.8, 4) is 0 Å². The van der Waals surface area contributed by atoms with Crippen LogP contribution in [0, 0.1) is 11.7 Å². The van der Waals surface area contributed by atoms with Crippen molar-refractivity contribution in [3.05, 3.63) is 34.1 Å². The van der Waals surface area contributed by atoms with E-state index in [2.05, 4.69) is 20.8 Å². The molecular weight excluding hydrogens is 363 g/mol. The van der Waals surface area contributed by atoms with Crippen LogP contribution in [0.5, 0.6) is 0 Å². The third kappa shape index (κ3) is 4.31. The van der Waals surface area contributed by atoms with Gasteiger partial charge in [0.15, 0.2) is 0 Å². The third-order valence-corrected chi connectivity index (χ3v) is 5.41.